The Kier molecular flexibility index (Phi) is 6.01. The summed E-state index contributed by atoms with van der Waals surface area (Å²) >= 11 is 0. The van der Waals surface area contributed by atoms with E-state index in [1.807, 2.05) is 37.3 Å². The predicted molar refractivity (Wildman–Crippen MR) is 105 cm³/mol. The molecule has 0 aromatic heterocycles. The van der Waals surface area contributed by atoms with E-state index in [1.165, 1.54) is 0 Å². The highest BCUT2D eigenvalue weighted by molar-refractivity contribution is 6.09. The van der Waals surface area contributed by atoms with Crippen LogP contribution >= 0.6 is 0 Å². The zero-order chi connectivity index (χ0) is 20.4. The molecule has 0 bridgehead atoms. The van der Waals surface area contributed by atoms with Crippen LogP contribution in [0.25, 0.3) is 0 Å². The molecule has 29 heavy (non-hydrogen) atoms. The van der Waals surface area contributed by atoms with Crippen LogP contribution in [0, 0.1) is 11.8 Å². The lowest BCUT2D eigenvalue weighted by molar-refractivity contribution is -0.158. The Hall–Kier alpha value is -2.18. The highest BCUT2D eigenvalue weighted by atomic mass is 16.7. The fraction of sp³-hybridized carbons (Fsp3) is 0.565. The summed E-state index contributed by atoms with van der Waals surface area (Å²) in [4.78, 5) is 26.0. The summed E-state index contributed by atoms with van der Waals surface area (Å²) in [6, 6.07) is 9.58. The van der Waals surface area contributed by atoms with Gasteiger partial charge in [-0.2, -0.15) is 0 Å². The lowest BCUT2D eigenvalue weighted by atomic mass is 9.81. The molecular formula is C23H28O6. The molecule has 0 spiro atoms. The molecule has 156 valence electrons. The van der Waals surface area contributed by atoms with Gasteiger partial charge in [-0.3, -0.25) is 4.79 Å². The van der Waals surface area contributed by atoms with Crippen molar-refractivity contribution >= 4 is 11.8 Å². The fourth-order valence-electron chi connectivity index (χ4n) is 4.44. The van der Waals surface area contributed by atoms with Crippen molar-refractivity contribution in [3.63, 3.8) is 0 Å². The van der Waals surface area contributed by atoms with Crippen LogP contribution in [0.5, 0.6) is 0 Å². The lowest BCUT2D eigenvalue weighted by Gasteiger charge is -2.32. The SMILES string of the molecule is CCC(CCC1OCCO1)C1OC(=O)C(C(c2ccccc2)C2CC2)=C(O)C1=O. The summed E-state index contributed by atoms with van der Waals surface area (Å²) in [7, 11) is 0. The number of ether oxygens (including phenoxy) is 3. The van der Waals surface area contributed by atoms with Gasteiger partial charge in [0.15, 0.2) is 18.2 Å². The first-order valence-corrected chi connectivity index (χ1v) is 10.6. The predicted octanol–water partition coefficient (Wildman–Crippen LogP) is 3.67. The summed E-state index contributed by atoms with van der Waals surface area (Å²) in [5, 5.41) is 10.8. The van der Waals surface area contributed by atoms with Crippen LogP contribution in [0.2, 0.25) is 0 Å². The third kappa shape index (κ3) is 4.23. The van der Waals surface area contributed by atoms with Crippen LogP contribution in [-0.2, 0) is 23.8 Å². The molecule has 6 heteroatoms. The van der Waals surface area contributed by atoms with Crippen LogP contribution in [0.1, 0.15) is 50.5 Å². The zero-order valence-corrected chi connectivity index (χ0v) is 16.7. The van der Waals surface area contributed by atoms with Gasteiger partial charge in [0.1, 0.15) is 0 Å². The number of aliphatic hydroxyl groups is 1. The topological polar surface area (TPSA) is 82.1 Å². The number of esters is 1. The number of hydrogen-bond donors (Lipinski definition) is 1. The Morgan fingerprint density at radius 3 is 2.41 bits per heavy atom. The van der Waals surface area contributed by atoms with Crippen molar-refractivity contribution in [1.82, 2.24) is 0 Å². The van der Waals surface area contributed by atoms with Crippen molar-refractivity contribution in [3.05, 3.63) is 47.2 Å². The molecule has 3 unspecified atom stereocenters. The van der Waals surface area contributed by atoms with Gasteiger partial charge < -0.3 is 19.3 Å². The first-order chi connectivity index (χ1) is 14.1. The Bertz CT molecular complexity index is 776. The van der Waals surface area contributed by atoms with E-state index in [-0.39, 0.29) is 29.6 Å². The van der Waals surface area contributed by atoms with E-state index in [1.54, 1.807) is 0 Å². The van der Waals surface area contributed by atoms with Gasteiger partial charge in [-0.1, -0.05) is 37.3 Å². The Labute approximate surface area is 170 Å². The van der Waals surface area contributed by atoms with Crippen LogP contribution in [0.3, 0.4) is 0 Å². The minimum atomic E-state index is -0.951. The molecule has 0 radical (unpaired) electrons. The van der Waals surface area contributed by atoms with E-state index in [0.717, 1.165) is 18.4 Å². The number of carbonyl (C=O) groups excluding carboxylic acids is 2. The lowest BCUT2D eigenvalue weighted by Crippen LogP contribution is -2.42. The molecule has 2 heterocycles. The number of benzene rings is 1. The smallest absolute Gasteiger partial charge is 0.339 e. The highest BCUT2D eigenvalue weighted by Crippen LogP contribution is 2.48. The molecular weight excluding hydrogens is 372 g/mol. The van der Waals surface area contributed by atoms with Gasteiger partial charge in [-0.25, -0.2) is 4.79 Å². The molecule has 1 N–H and O–H groups in total. The van der Waals surface area contributed by atoms with E-state index >= 15 is 0 Å². The van der Waals surface area contributed by atoms with Crippen molar-refractivity contribution in [2.75, 3.05) is 13.2 Å². The van der Waals surface area contributed by atoms with Gasteiger partial charge >= 0.3 is 5.97 Å². The Morgan fingerprint density at radius 2 is 1.79 bits per heavy atom. The Morgan fingerprint density at radius 1 is 1.10 bits per heavy atom. The normalized spacial score (nSPS) is 25.2. The fourth-order valence-corrected chi connectivity index (χ4v) is 4.44. The van der Waals surface area contributed by atoms with Crippen molar-refractivity contribution in [2.24, 2.45) is 11.8 Å². The summed E-state index contributed by atoms with van der Waals surface area (Å²) in [6.07, 6.45) is 2.64. The summed E-state index contributed by atoms with van der Waals surface area (Å²) in [5.41, 5.74) is 1.06. The molecule has 1 saturated heterocycles. The first-order valence-electron chi connectivity index (χ1n) is 10.6. The molecule has 1 aromatic rings. The second-order valence-corrected chi connectivity index (χ2v) is 8.10. The number of aliphatic hydroxyl groups excluding tert-OH is 1. The summed E-state index contributed by atoms with van der Waals surface area (Å²) in [5.74, 6) is -1.70. The third-order valence-electron chi connectivity index (χ3n) is 6.18. The molecule has 1 aliphatic carbocycles. The maximum atomic E-state index is 13.0. The van der Waals surface area contributed by atoms with Crippen LogP contribution in [0.4, 0.5) is 0 Å². The maximum Gasteiger partial charge on any atom is 0.339 e. The van der Waals surface area contributed by atoms with E-state index in [2.05, 4.69) is 0 Å². The maximum absolute atomic E-state index is 13.0. The summed E-state index contributed by atoms with van der Waals surface area (Å²) < 4.78 is 16.6. The molecule has 4 rings (SSSR count). The quantitative estimate of drug-likeness (QED) is 0.671. The van der Waals surface area contributed by atoms with E-state index in [9.17, 15) is 14.7 Å². The van der Waals surface area contributed by atoms with Crippen LogP contribution < -0.4 is 0 Å². The Balaban J connectivity index is 1.55. The monoisotopic (exact) mass is 400 g/mol. The highest BCUT2D eigenvalue weighted by Gasteiger charge is 2.47. The number of ketones is 1. The van der Waals surface area contributed by atoms with Gasteiger partial charge in [0.25, 0.3) is 0 Å². The number of cyclic esters (lactones) is 1. The number of hydrogen-bond acceptors (Lipinski definition) is 6. The average molecular weight is 400 g/mol. The molecule has 1 saturated carbocycles. The van der Waals surface area contributed by atoms with Gasteiger partial charge in [-0.15, -0.1) is 0 Å². The van der Waals surface area contributed by atoms with E-state index in [0.29, 0.717) is 32.5 Å². The van der Waals surface area contributed by atoms with Gasteiger partial charge in [-0.05, 0) is 43.6 Å². The van der Waals surface area contributed by atoms with Gasteiger partial charge in [0, 0.05) is 11.8 Å². The summed E-state index contributed by atoms with van der Waals surface area (Å²) in [6.45, 7) is 3.11. The number of carbonyl (C=O) groups is 2. The van der Waals surface area contributed by atoms with Crippen molar-refractivity contribution in [3.8, 4) is 0 Å². The molecule has 6 nitrogen and oxygen atoms in total. The van der Waals surface area contributed by atoms with Gasteiger partial charge in [0.2, 0.25) is 5.78 Å². The minimum absolute atomic E-state index is 0.122. The number of rotatable bonds is 8. The first kappa shape index (κ1) is 20.1. The van der Waals surface area contributed by atoms with E-state index < -0.39 is 23.6 Å². The molecule has 1 aromatic carbocycles. The molecule has 2 fully saturated rings. The third-order valence-corrected chi connectivity index (χ3v) is 6.18. The van der Waals surface area contributed by atoms with Crippen molar-refractivity contribution < 1.29 is 28.9 Å². The second kappa shape index (κ2) is 8.67. The van der Waals surface area contributed by atoms with Crippen molar-refractivity contribution in [2.45, 2.75) is 57.3 Å². The standard InChI is InChI=1S/C23H28O6/c1-2-14(10-11-17-27-12-13-28-17)22-21(25)20(24)19(23(26)29-22)18(16-8-9-16)15-6-4-3-5-7-15/h3-7,14,16-18,22,24H,2,8-13H2,1H3. The molecule has 3 aliphatic rings. The largest absolute Gasteiger partial charge is 0.504 e. The molecule has 0 amide bonds. The molecule has 3 atom stereocenters. The van der Waals surface area contributed by atoms with Crippen LogP contribution in [0.15, 0.2) is 41.7 Å². The molecule has 2 aliphatic heterocycles. The van der Waals surface area contributed by atoms with Gasteiger partial charge in [0.05, 0.1) is 18.8 Å². The number of Topliss-reactive ketones (excluding diaryl/α,β-unsaturated/α-hetero) is 1. The minimum Gasteiger partial charge on any atom is -0.504 e. The second-order valence-electron chi connectivity index (χ2n) is 8.10. The van der Waals surface area contributed by atoms with E-state index in [4.69, 9.17) is 14.2 Å². The van der Waals surface area contributed by atoms with Crippen molar-refractivity contribution in [1.29, 1.82) is 0 Å². The zero-order valence-electron chi connectivity index (χ0n) is 16.7. The average Bonchev–Trinajstić information content (AvgIpc) is 3.44. The van der Waals surface area contributed by atoms with Crippen LogP contribution in [-0.4, -0.2) is 42.5 Å².